The van der Waals surface area contributed by atoms with Gasteiger partial charge in [0.25, 0.3) is 5.91 Å². The lowest BCUT2D eigenvalue weighted by molar-refractivity contribution is -0.139. The number of nitrogens with zero attached hydrogens (tertiary/aromatic N) is 1. The maximum Gasteiger partial charge on any atom is 0.341 e. The summed E-state index contributed by atoms with van der Waals surface area (Å²) in [4.78, 5) is 25.0. The number of amides is 1. The second-order valence-corrected chi connectivity index (χ2v) is 6.93. The normalized spacial score (nSPS) is 13.7. The molecular formula is C22H25NO6. The number of aliphatic carboxylic acids is 1. The highest BCUT2D eigenvalue weighted by atomic mass is 16.5. The van der Waals surface area contributed by atoms with Crippen LogP contribution in [-0.4, -0.2) is 43.9 Å². The third-order valence-electron chi connectivity index (χ3n) is 4.90. The Morgan fingerprint density at radius 3 is 2.38 bits per heavy atom. The molecule has 0 heterocycles. The Bertz CT molecular complexity index is 858. The number of ether oxygens (including phenoxy) is 3. The molecule has 29 heavy (non-hydrogen) atoms. The van der Waals surface area contributed by atoms with Gasteiger partial charge in [-0.05, 0) is 68.1 Å². The van der Waals surface area contributed by atoms with E-state index in [2.05, 4.69) is 0 Å². The van der Waals surface area contributed by atoms with Crippen LogP contribution in [0.5, 0.6) is 17.2 Å². The SMILES string of the molecule is COc1ccc(C(=O)N(C)c2ccc(OCC(=O)O)cc2)cc1OC1CCCC1. The maximum atomic E-state index is 13.0. The van der Waals surface area contributed by atoms with E-state index in [1.165, 1.54) is 4.90 Å². The fraction of sp³-hybridized carbons (Fsp3) is 0.364. The first-order chi connectivity index (χ1) is 14.0. The molecule has 0 saturated heterocycles. The average molecular weight is 399 g/mol. The van der Waals surface area contributed by atoms with Gasteiger partial charge in [0.2, 0.25) is 0 Å². The van der Waals surface area contributed by atoms with E-state index in [-0.39, 0.29) is 12.0 Å². The standard InChI is InChI=1S/C22H25NO6/c1-23(16-8-10-17(11-9-16)28-14-21(24)25)22(26)15-7-12-19(27-2)20(13-15)29-18-5-3-4-6-18/h7-13,18H,3-6,14H2,1-2H3,(H,24,25). The van der Waals surface area contributed by atoms with Gasteiger partial charge in [-0.2, -0.15) is 0 Å². The van der Waals surface area contributed by atoms with E-state index < -0.39 is 12.6 Å². The van der Waals surface area contributed by atoms with Gasteiger partial charge in [0.15, 0.2) is 18.1 Å². The van der Waals surface area contributed by atoms with Crippen molar-refractivity contribution in [3.05, 3.63) is 48.0 Å². The minimum Gasteiger partial charge on any atom is -0.493 e. The highest BCUT2D eigenvalue weighted by molar-refractivity contribution is 6.06. The molecule has 154 valence electrons. The Kier molecular flexibility index (Phi) is 6.59. The van der Waals surface area contributed by atoms with Crippen molar-refractivity contribution in [1.82, 2.24) is 0 Å². The van der Waals surface area contributed by atoms with E-state index in [1.807, 2.05) is 0 Å². The van der Waals surface area contributed by atoms with Gasteiger partial charge < -0.3 is 24.2 Å². The second kappa shape index (κ2) is 9.32. The fourth-order valence-electron chi connectivity index (χ4n) is 3.31. The molecule has 7 nitrogen and oxygen atoms in total. The summed E-state index contributed by atoms with van der Waals surface area (Å²) in [6, 6.07) is 11.8. The predicted octanol–water partition coefficient (Wildman–Crippen LogP) is 3.76. The molecule has 1 N–H and O–H groups in total. The lowest BCUT2D eigenvalue weighted by Gasteiger charge is -2.20. The number of hydrogen-bond donors (Lipinski definition) is 1. The quantitative estimate of drug-likeness (QED) is 0.728. The summed E-state index contributed by atoms with van der Waals surface area (Å²) in [5, 5.41) is 8.67. The largest absolute Gasteiger partial charge is 0.493 e. The Hall–Kier alpha value is -3.22. The monoisotopic (exact) mass is 399 g/mol. The van der Waals surface area contributed by atoms with Crippen LogP contribution in [0.3, 0.4) is 0 Å². The van der Waals surface area contributed by atoms with Crippen molar-refractivity contribution < 1.29 is 28.9 Å². The Morgan fingerprint density at radius 2 is 1.76 bits per heavy atom. The summed E-state index contributed by atoms with van der Waals surface area (Å²) < 4.78 is 16.6. The third-order valence-corrected chi connectivity index (χ3v) is 4.90. The van der Waals surface area contributed by atoms with Crippen molar-refractivity contribution >= 4 is 17.6 Å². The smallest absolute Gasteiger partial charge is 0.341 e. The molecular weight excluding hydrogens is 374 g/mol. The molecule has 2 aromatic carbocycles. The van der Waals surface area contributed by atoms with Gasteiger partial charge >= 0.3 is 5.97 Å². The molecule has 0 atom stereocenters. The topological polar surface area (TPSA) is 85.3 Å². The van der Waals surface area contributed by atoms with E-state index in [0.717, 1.165) is 25.7 Å². The molecule has 0 aromatic heterocycles. The van der Waals surface area contributed by atoms with Crippen molar-refractivity contribution in [2.45, 2.75) is 31.8 Å². The number of anilines is 1. The first-order valence-corrected chi connectivity index (χ1v) is 9.55. The van der Waals surface area contributed by atoms with Crippen molar-refractivity contribution in [2.75, 3.05) is 25.7 Å². The van der Waals surface area contributed by atoms with Crippen LogP contribution < -0.4 is 19.1 Å². The molecule has 3 rings (SSSR count). The average Bonchev–Trinajstić information content (AvgIpc) is 3.24. The Labute approximate surface area is 169 Å². The zero-order chi connectivity index (χ0) is 20.8. The zero-order valence-corrected chi connectivity index (χ0v) is 16.6. The molecule has 0 aliphatic heterocycles. The highest BCUT2D eigenvalue weighted by Gasteiger charge is 2.21. The van der Waals surface area contributed by atoms with Crippen LogP contribution in [0.4, 0.5) is 5.69 Å². The molecule has 0 spiro atoms. The van der Waals surface area contributed by atoms with E-state index in [9.17, 15) is 9.59 Å². The number of carboxylic acids is 1. The van der Waals surface area contributed by atoms with Crippen molar-refractivity contribution in [3.63, 3.8) is 0 Å². The van der Waals surface area contributed by atoms with Crippen molar-refractivity contribution in [2.24, 2.45) is 0 Å². The molecule has 2 aromatic rings. The van der Waals surface area contributed by atoms with Crippen LogP contribution >= 0.6 is 0 Å². The highest BCUT2D eigenvalue weighted by Crippen LogP contribution is 2.33. The number of carboxylic acid groups (broad SMARTS) is 1. The predicted molar refractivity (Wildman–Crippen MR) is 108 cm³/mol. The van der Waals surface area contributed by atoms with Crippen LogP contribution in [0, 0.1) is 0 Å². The van der Waals surface area contributed by atoms with Gasteiger partial charge in [-0.1, -0.05) is 0 Å². The fourth-order valence-corrected chi connectivity index (χ4v) is 3.31. The maximum absolute atomic E-state index is 13.0. The van der Waals surface area contributed by atoms with Gasteiger partial charge in [-0.15, -0.1) is 0 Å². The van der Waals surface area contributed by atoms with Crippen LogP contribution in [0.1, 0.15) is 36.0 Å². The van der Waals surface area contributed by atoms with Gasteiger partial charge in [0, 0.05) is 18.3 Å². The lowest BCUT2D eigenvalue weighted by atomic mass is 10.1. The van der Waals surface area contributed by atoms with E-state index in [4.69, 9.17) is 19.3 Å². The first-order valence-electron chi connectivity index (χ1n) is 9.55. The Balaban J connectivity index is 1.73. The molecule has 0 bridgehead atoms. The van der Waals surface area contributed by atoms with Gasteiger partial charge in [-0.3, -0.25) is 4.79 Å². The summed E-state index contributed by atoms with van der Waals surface area (Å²) in [7, 11) is 3.26. The number of hydrogen-bond acceptors (Lipinski definition) is 5. The molecule has 1 amide bonds. The summed E-state index contributed by atoms with van der Waals surface area (Å²) >= 11 is 0. The number of carbonyl (C=O) groups is 2. The molecule has 1 fully saturated rings. The molecule has 1 aliphatic carbocycles. The number of carbonyl (C=O) groups excluding carboxylic acids is 1. The van der Waals surface area contributed by atoms with E-state index in [1.54, 1.807) is 56.6 Å². The Morgan fingerprint density at radius 1 is 1.07 bits per heavy atom. The molecule has 7 heteroatoms. The first kappa shape index (κ1) is 20.5. The second-order valence-electron chi connectivity index (χ2n) is 6.93. The van der Waals surface area contributed by atoms with Gasteiger partial charge in [0.1, 0.15) is 5.75 Å². The third kappa shape index (κ3) is 5.19. The summed E-state index contributed by atoms with van der Waals surface area (Å²) in [5.41, 5.74) is 1.15. The summed E-state index contributed by atoms with van der Waals surface area (Å²) in [6.45, 7) is -0.413. The van der Waals surface area contributed by atoms with E-state index >= 15 is 0 Å². The molecule has 1 aliphatic rings. The lowest BCUT2D eigenvalue weighted by Crippen LogP contribution is -2.26. The molecule has 0 radical (unpaired) electrons. The summed E-state index contributed by atoms with van der Waals surface area (Å²) in [5.74, 6) is 0.375. The van der Waals surface area contributed by atoms with Crippen LogP contribution in [0.2, 0.25) is 0 Å². The van der Waals surface area contributed by atoms with E-state index in [0.29, 0.717) is 28.5 Å². The number of benzene rings is 2. The van der Waals surface area contributed by atoms with Gasteiger partial charge in [0.05, 0.1) is 13.2 Å². The number of rotatable bonds is 8. The van der Waals surface area contributed by atoms with Crippen LogP contribution in [-0.2, 0) is 4.79 Å². The summed E-state index contributed by atoms with van der Waals surface area (Å²) in [6.07, 6.45) is 4.49. The van der Waals surface area contributed by atoms with Crippen molar-refractivity contribution in [1.29, 1.82) is 0 Å². The van der Waals surface area contributed by atoms with Crippen molar-refractivity contribution in [3.8, 4) is 17.2 Å². The zero-order valence-electron chi connectivity index (χ0n) is 16.6. The molecule has 0 unspecified atom stereocenters. The van der Waals surface area contributed by atoms with Crippen LogP contribution in [0.15, 0.2) is 42.5 Å². The number of methoxy groups -OCH3 is 1. The van der Waals surface area contributed by atoms with Gasteiger partial charge in [-0.25, -0.2) is 4.79 Å². The minimum absolute atomic E-state index is 0.158. The van der Waals surface area contributed by atoms with Crippen LogP contribution in [0.25, 0.3) is 0 Å². The minimum atomic E-state index is -1.04. The molecule has 1 saturated carbocycles.